The molecule has 0 radical (unpaired) electrons. The fraction of sp³-hybridized carbons (Fsp3) is 0.800. The fourth-order valence-corrected chi connectivity index (χ4v) is 10.3. The summed E-state index contributed by atoms with van der Waals surface area (Å²) in [7, 11) is 0. The van der Waals surface area contributed by atoms with Crippen LogP contribution in [-0.4, -0.2) is 85.9 Å². The maximum Gasteiger partial charge on any atom is 0.310 e. The number of esters is 1. The van der Waals surface area contributed by atoms with Crippen molar-refractivity contribution in [1.29, 1.82) is 0 Å². The molecule has 3 unspecified atom stereocenters. The summed E-state index contributed by atoms with van der Waals surface area (Å²) < 4.78 is 4.76. The fourth-order valence-electron chi connectivity index (χ4n) is 6.66. The number of aliphatic hydroxyl groups is 1. The van der Waals surface area contributed by atoms with Crippen molar-refractivity contribution in [2.24, 2.45) is 11.8 Å². The molecule has 3 aliphatic heterocycles. The molecule has 34 heavy (non-hydrogen) atoms. The number of amides is 2. The van der Waals surface area contributed by atoms with Crippen molar-refractivity contribution in [3.63, 3.8) is 0 Å². The first-order valence-electron chi connectivity index (χ1n) is 12.7. The van der Waals surface area contributed by atoms with Gasteiger partial charge in [-0.1, -0.05) is 41.3 Å². The first-order chi connectivity index (χ1) is 16.4. The molecule has 0 aromatic carbocycles. The standard InChI is InChI=1S/C25H37BrN2O5S/c1-3-12-27(16-10-6-5-7-11-16)23(31)21-25-15-17(26)20(34-25)18(24(32)33-4-2)19(25)22(30)28(21)13-8-9-14-29/h3,16-21,29H,1,4-15H2,2H3/t17?,18-,19-,20-,21?,25?/m0/s1. The van der Waals surface area contributed by atoms with Gasteiger partial charge in [-0.15, -0.1) is 18.3 Å². The van der Waals surface area contributed by atoms with Gasteiger partial charge in [-0.05, 0) is 39.0 Å². The Balaban J connectivity index is 1.72. The van der Waals surface area contributed by atoms with Gasteiger partial charge in [-0.25, -0.2) is 0 Å². The van der Waals surface area contributed by atoms with Crippen LogP contribution in [0.15, 0.2) is 12.7 Å². The summed E-state index contributed by atoms with van der Waals surface area (Å²) in [5.74, 6) is -1.54. The van der Waals surface area contributed by atoms with Gasteiger partial charge in [-0.3, -0.25) is 14.4 Å². The van der Waals surface area contributed by atoms with Crippen molar-refractivity contribution >= 4 is 45.5 Å². The largest absolute Gasteiger partial charge is 0.466 e. The van der Waals surface area contributed by atoms with Crippen molar-refractivity contribution in [3.8, 4) is 0 Å². The lowest BCUT2D eigenvalue weighted by Gasteiger charge is -2.41. The van der Waals surface area contributed by atoms with Crippen LogP contribution < -0.4 is 0 Å². The smallest absolute Gasteiger partial charge is 0.310 e. The van der Waals surface area contributed by atoms with E-state index in [-0.39, 0.29) is 47.1 Å². The number of nitrogens with zero attached hydrogens (tertiary/aromatic N) is 2. The normalized spacial score (nSPS) is 34.9. The van der Waals surface area contributed by atoms with Gasteiger partial charge in [0.15, 0.2) is 0 Å². The second-order valence-electron chi connectivity index (χ2n) is 9.95. The first kappa shape index (κ1) is 26.0. The second-order valence-corrected chi connectivity index (χ2v) is 12.7. The van der Waals surface area contributed by atoms with Crippen LogP contribution >= 0.6 is 27.7 Å². The number of hydrogen-bond donors (Lipinski definition) is 1. The van der Waals surface area contributed by atoms with Gasteiger partial charge >= 0.3 is 5.97 Å². The Morgan fingerprint density at radius 3 is 2.71 bits per heavy atom. The molecule has 6 atom stereocenters. The van der Waals surface area contributed by atoms with Gasteiger partial charge in [-0.2, -0.15) is 0 Å². The summed E-state index contributed by atoms with van der Waals surface area (Å²) in [5, 5.41) is 9.24. The third-order valence-corrected chi connectivity index (χ3v) is 11.2. The number of hydrogen-bond acceptors (Lipinski definition) is 6. The van der Waals surface area contributed by atoms with Crippen molar-refractivity contribution in [2.45, 2.75) is 85.2 Å². The topological polar surface area (TPSA) is 87.2 Å². The molecule has 1 saturated carbocycles. The molecular formula is C25H37BrN2O5S. The summed E-state index contributed by atoms with van der Waals surface area (Å²) in [6.07, 6.45) is 9.00. The van der Waals surface area contributed by atoms with E-state index in [2.05, 4.69) is 22.5 Å². The Labute approximate surface area is 215 Å². The quantitative estimate of drug-likeness (QED) is 0.192. The highest BCUT2D eigenvalue weighted by Gasteiger charge is 2.76. The summed E-state index contributed by atoms with van der Waals surface area (Å²) in [4.78, 5) is 45.0. The minimum Gasteiger partial charge on any atom is -0.466 e. The van der Waals surface area contributed by atoms with Gasteiger partial charge < -0.3 is 19.6 Å². The number of fused-ring (bicyclic) bond motifs is 1. The van der Waals surface area contributed by atoms with Gasteiger partial charge in [0.25, 0.3) is 0 Å². The molecule has 4 fully saturated rings. The maximum absolute atomic E-state index is 14.3. The summed E-state index contributed by atoms with van der Waals surface area (Å²) in [6, 6.07) is -0.451. The van der Waals surface area contributed by atoms with Crippen LogP contribution in [-0.2, 0) is 19.1 Å². The van der Waals surface area contributed by atoms with Crippen LogP contribution in [0.2, 0.25) is 0 Å². The molecule has 9 heteroatoms. The van der Waals surface area contributed by atoms with E-state index in [9.17, 15) is 19.5 Å². The zero-order chi connectivity index (χ0) is 24.5. The Hall–Kier alpha value is -1.06. The third kappa shape index (κ3) is 4.34. The molecule has 0 aromatic heterocycles. The third-order valence-electron chi connectivity index (χ3n) is 8.01. The van der Waals surface area contributed by atoms with E-state index in [4.69, 9.17) is 4.74 Å². The van der Waals surface area contributed by atoms with E-state index < -0.39 is 22.6 Å². The lowest BCUT2D eigenvalue weighted by atomic mass is 9.71. The van der Waals surface area contributed by atoms with Gasteiger partial charge in [0.05, 0.1) is 23.2 Å². The number of halogens is 1. The monoisotopic (exact) mass is 556 g/mol. The van der Waals surface area contributed by atoms with Gasteiger partial charge in [0, 0.05) is 35.8 Å². The van der Waals surface area contributed by atoms with Crippen LogP contribution in [0.4, 0.5) is 0 Å². The molecular weight excluding hydrogens is 520 g/mol. The van der Waals surface area contributed by atoms with E-state index in [1.807, 2.05) is 4.90 Å². The molecule has 4 rings (SSSR count). The Kier molecular flexibility index (Phi) is 8.35. The highest BCUT2D eigenvalue weighted by molar-refractivity contribution is 9.09. The van der Waals surface area contributed by atoms with Gasteiger partial charge in [0.2, 0.25) is 11.8 Å². The molecule has 1 aliphatic carbocycles. The van der Waals surface area contributed by atoms with E-state index in [1.54, 1.807) is 29.7 Å². The first-order valence-corrected chi connectivity index (χ1v) is 14.5. The van der Waals surface area contributed by atoms with E-state index in [0.29, 0.717) is 32.4 Å². The molecule has 190 valence electrons. The minimum atomic E-state index is -0.641. The number of carbonyl (C=O) groups excluding carboxylic acids is 3. The molecule has 4 aliphatic rings. The van der Waals surface area contributed by atoms with Crippen molar-refractivity contribution in [3.05, 3.63) is 12.7 Å². The number of rotatable bonds is 10. The van der Waals surface area contributed by atoms with Crippen LogP contribution in [0.5, 0.6) is 0 Å². The summed E-state index contributed by atoms with van der Waals surface area (Å²) in [6.45, 7) is 6.87. The lowest BCUT2D eigenvalue weighted by Crippen LogP contribution is -2.57. The SMILES string of the molecule is C=CCN(C(=O)C1N(CCCCO)C(=O)[C@@H]2[C@H](C(=O)OCC)[C@H]3SC12CC3Br)C1CCCCC1. The number of unbranched alkanes of at least 4 members (excludes halogenated alkanes) is 1. The Bertz CT molecular complexity index is 806. The molecule has 2 amide bonds. The number of aliphatic hydroxyl groups excluding tert-OH is 1. The lowest BCUT2D eigenvalue weighted by molar-refractivity contribution is -0.153. The zero-order valence-corrected chi connectivity index (χ0v) is 22.4. The number of alkyl halides is 1. The molecule has 0 aromatic rings. The number of thioether (sulfide) groups is 1. The number of ether oxygens (including phenoxy) is 1. The van der Waals surface area contributed by atoms with E-state index >= 15 is 0 Å². The molecule has 3 heterocycles. The maximum atomic E-state index is 14.3. The molecule has 1 N–H and O–H groups in total. The predicted molar refractivity (Wildman–Crippen MR) is 136 cm³/mol. The Morgan fingerprint density at radius 2 is 2.06 bits per heavy atom. The van der Waals surface area contributed by atoms with Crippen LogP contribution in [0, 0.1) is 11.8 Å². The Morgan fingerprint density at radius 1 is 1.32 bits per heavy atom. The van der Waals surface area contributed by atoms with Crippen molar-refractivity contribution < 1.29 is 24.2 Å². The highest BCUT2D eigenvalue weighted by atomic mass is 79.9. The van der Waals surface area contributed by atoms with Crippen LogP contribution in [0.1, 0.15) is 58.3 Å². The minimum absolute atomic E-state index is 0.0102. The van der Waals surface area contributed by atoms with E-state index in [1.165, 1.54) is 6.42 Å². The predicted octanol–water partition coefficient (Wildman–Crippen LogP) is 3.13. The second kappa shape index (κ2) is 10.9. The van der Waals surface area contributed by atoms with Crippen LogP contribution in [0.3, 0.4) is 0 Å². The average molecular weight is 558 g/mol. The van der Waals surface area contributed by atoms with Crippen molar-refractivity contribution in [2.75, 3.05) is 26.3 Å². The molecule has 2 bridgehead atoms. The summed E-state index contributed by atoms with van der Waals surface area (Å²) in [5.41, 5.74) is 0. The average Bonchev–Trinajstić information content (AvgIpc) is 3.41. The molecule has 1 spiro atoms. The van der Waals surface area contributed by atoms with Crippen molar-refractivity contribution in [1.82, 2.24) is 9.80 Å². The number of likely N-dealkylation sites (tertiary alicyclic amines) is 1. The highest BCUT2D eigenvalue weighted by Crippen LogP contribution is 2.68. The zero-order valence-electron chi connectivity index (χ0n) is 20.0. The van der Waals surface area contributed by atoms with E-state index in [0.717, 1.165) is 25.7 Å². The number of carbonyl (C=O) groups is 3. The van der Waals surface area contributed by atoms with Crippen LogP contribution in [0.25, 0.3) is 0 Å². The van der Waals surface area contributed by atoms with Gasteiger partial charge in [0.1, 0.15) is 6.04 Å². The summed E-state index contributed by atoms with van der Waals surface area (Å²) >= 11 is 5.43. The molecule has 7 nitrogen and oxygen atoms in total. The molecule has 3 saturated heterocycles.